The quantitative estimate of drug-likeness (QED) is 0.905. The maximum atomic E-state index is 12.2. The van der Waals surface area contributed by atoms with Gasteiger partial charge in [-0.25, -0.2) is 9.50 Å². The van der Waals surface area contributed by atoms with Gasteiger partial charge in [0.25, 0.3) is 5.56 Å². The lowest BCUT2D eigenvalue weighted by atomic mass is 9.72. The molecule has 2 aliphatic rings. The van der Waals surface area contributed by atoms with E-state index in [0.717, 1.165) is 56.8 Å². The fraction of sp³-hybridized carbons (Fsp3) is 0.632. The van der Waals surface area contributed by atoms with Gasteiger partial charge in [0.2, 0.25) is 5.91 Å². The zero-order valence-corrected chi connectivity index (χ0v) is 15.6. The number of carbonyl (C=O) groups is 1. The lowest BCUT2D eigenvalue weighted by Gasteiger charge is -2.47. The number of aryl methyl sites for hydroxylation is 1. The van der Waals surface area contributed by atoms with Gasteiger partial charge in [0.15, 0.2) is 5.65 Å². The van der Waals surface area contributed by atoms with Gasteiger partial charge in [-0.2, -0.15) is 0 Å². The minimum Gasteiger partial charge on any atom is -0.342 e. The molecule has 2 aromatic heterocycles. The van der Waals surface area contributed by atoms with Crippen molar-refractivity contribution in [3.05, 3.63) is 33.9 Å². The molecule has 0 bridgehead atoms. The Morgan fingerprint density at radius 3 is 2.69 bits per heavy atom. The number of likely N-dealkylation sites (tertiary alicyclic amines) is 2. The van der Waals surface area contributed by atoms with Gasteiger partial charge in [-0.15, -0.1) is 0 Å². The van der Waals surface area contributed by atoms with Gasteiger partial charge in [-0.3, -0.25) is 19.6 Å². The molecule has 26 heavy (non-hydrogen) atoms. The van der Waals surface area contributed by atoms with Gasteiger partial charge in [-0.1, -0.05) is 0 Å². The van der Waals surface area contributed by atoms with E-state index in [9.17, 15) is 9.59 Å². The molecule has 0 radical (unpaired) electrons. The summed E-state index contributed by atoms with van der Waals surface area (Å²) >= 11 is 0. The van der Waals surface area contributed by atoms with E-state index in [4.69, 9.17) is 0 Å². The third-order valence-electron chi connectivity index (χ3n) is 6.06. The van der Waals surface area contributed by atoms with E-state index in [1.54, 1.807) is 6.07 Å². The number of hydrogen-bond acceptors (Lipinski definition) is 4. The van der Waals surface area contributed by atoms with Crippen LogP contribution in [0.4, 0.5) is 0 Å². The molecular weight excluding hydrogens is 330 g/mol. The Hall–Kier alpha value is -2.15. The number of fused-ring (bicyclic) bond motifs is 1. The van der Waals surface area contributed by atoms with Gasteiger partial charge < -0.3 is 4.90 Å². The van der Waals surface area contributed by atoms with E-state index >= 15 is 0 Å². The van der Waals surface area contributed by atoms with E-state index < -0.39 is 0 Å². The highest BCUT2D eigenvalue weighted by Gasteiger charge is 2.40. The first-order valence-electron chi connectivity index (χ1n) is 9.56. The summed E-state index contributed by atoms with van der Waals surface area (Å²) in [5.41, 5.74) is 2.67. The Labute approximate surface area is 153 Å². The Morgan fingerprint density at radius 1 is 1.19 bits per heavy atom. The second-order valence-corrected chi connectivity index (χ2v) is 7.90. The zero-order valence-electron chi connectivity index (χ0n) is 15.6. The molecule has 1 amide bonds. The Morgan fingerprint density at radius 2 is 1.96 bits per heavy atom. The smallest absolute Gasteiger partial charge is 0.272 e. The number of piperidine rings is 2. The number of H-pyrrole nitrogens is 1. The summed E-state index contributed by atoms with van der Waals surface area (Å²) in [7, 11) is 0. The fourth-order valence-electron chi connectivity index (χ4n) is 4.46. The lowest BCUT2D eigenvalue weighted by Crippen LogP contribution is -2.51. The third-order valence-corrected chi connectivity index (χ3v) is 6.06. The molecule has 0 saturated carbocycles. The van der Waals surface area contributed by atoms with Crippen LogP contribution in [-0.4, -0.2) is 56.5 Å². The van der Waals surface area contributed by atoms with Crippen molar-refractivity contribution in [2.45, 2.75) is 46.1 Å². The summed E-state index contributed by atoms with van der Waals surface area (Å²) in [6.07, 6.45) is 3.93. The highest BCUT2D eigenvalue weighted by Crippen LogP contribution is 2.40. The summed E-state index contributed by atoms with van der Waals surface area (Å²) in [6.45, 7) is 8.42. The Kier molecular flexibility index (Phi) is 4.34. The van der Waals surface area contributed by atoms with Crippen LogP contribution in [0.15, 0.2) is 16.9 Å². The lowest BCUT2D eigenvalue weighted by molar-refractivity contribution is -0.138. The van der Waals surface area contributed by atoms with Crippen LogP contribution in [0.3, 0.4) is 0 Å². The largest absolute Gasteiger partial charge is 0.342 e. The molecular formula is C19H27N5O2. The highest BCUT2D eigenvalue weighted by atomic mass is 16.2. The monoisotopic (exact) mass is 357 g/mol. The molecule has 0 aromatic carbocycles. The number of amides is 1. The molecule has 4 rings (SSSR count). The van der Waals surface area contributed by atoms with Crippen LogP contribution < -0.4 is 5.56 Å². The number of aromatic amines is 1. The standard InChI is InChI=1S/C19H27N5O2/c1-3-23-13-19(5-4-17(23)25)6-8-22(9-7-19)12-15-11-18(26)24-16(20-15)10-14(2)21-24/h10-11,21H,3-9,12-13H2,1-2H3. The molecule has 2 aromatic rings. The average Bonchev–Trinajstić information content (AvgIpc) is 3.00. The van der Waals surface area contributed by atoms with Gasteiger partial charge in [-0.05, 0) is 51.6 Å². The van der Waals surface area contributed by atoms with Crippen molar-refractivity contribution in [3.63, 3.8) is 0 Å². The molecule has 0 unspecified atom stereocenters. The first-order chi connectivity index (χ1) is 12.5. The molecule has 0 aliphatic carbocycles. The van der Waals surface area contributed by atoms with Crippen molar-refractivity contribution < 1.29 is 4.79 Å². The Balaban J connectivity index is 1.43. The van der Waals surface area contributed by atoms with E-state index in [2.05, 4.69) is 21.9 Å². The van der Waals surface area contributed by atoms with E-state index in [0.29, 0.717) is 24.5 Å². The van der Waals surface area contributed by atoms with Crippen LogP contribution >= 0.6 is 0 Å². The second-order valence-electron chi connectivity index (χ2n) is 7.90. The molecule has 7 heteroatoms. The number of nitrogens with zero attached hydrogens (tertiary/aromatic N) is 4. The molecule has 1 spiro atoms. The van der Waals surface area contributed by atoms with Gasteiger partial charge >= 0.3 is 0 Å². The molecule has 4 heterocycles. The highest BCUT2D eigenvalue weighted by molar-refractivity contribution is 5.77. The molecule has 2 fully saturated rings. The van der Waals surface area contributed by atoms with Crippen molar-refractivity contribution in [3.8, 4) is 0 Å². The van der Waals surface area contributed by atoms with Crippen LogP contribution in [0, 0.1) is 12.3 Å². The maximum absolute atomic E-state index is 12.2. The first-order valence-corrected chi connectivity index (χ1v) is 9.56. The van der Waals surface area contributed by atoms with Crippen molar-refractivity contribution in [2.75, 3.05) is 26.2 Å². The minimum absolute atomic E-state index is 0.0593. The predicted molar refractivity (Wildman–Crippen MR) is 99.0 cm³/mol. The normalized spacial score (nSPS) is 21.0. The number of carbonyl (C=O) groups excluding carboxylic acids is 1. The summed E-state index contributed by atoms with van der Waals surface area (Å²) in [6, 6.07) is 3.53. The number of hydrogen-bond donors (Lipinski definition) is 1. The van der Waals surface area contributed by atoms with Crippen LogP contribution in [0.5, 0.6) is 0 Å². The first kappa shape index (κ1) is 17.3. The van der Waals surface area contributed by atoms with Crippen molar-refractivity contribution >= 4 is 11.6 Å². The third kappa shape index (κ3) is 3.16. The topological polar surface area (TPSA) is 73.7 Å². The van der Waals surface area contributed by atoms with Gasteiger partial charge in [0, 0.05) is 43.9 Å². The Bertz CT molecular complexity index is 876. The SMILES string of the molecule is CCN1CC2(CCC1=O)CCN(Cc1cc(=O)n3[nH]c(C)cc3n1)CC2. The van der Waals surface area contributed by atoms with Crippen molar-refractivity contribution in [2.24, 2.45) is 5.41 Å². The summed E-state index contributed by atoms with van der Waals surface area (Å²) < 4.78 is 1.49. The van der Waals surface area contributed by atoms with Crippen LogP contribution in [0.25, 0.3) is 5.65 Å². The van der Waals surface area contributed by atoms with Crippen molar-refractivity contribution in [1.29, 1.82) is 0 Å². The fourth-order valence-corrected chi connectivity index (χ4v) is 4.46. The van der Waals surface area contributed by atoms with Gasteiger partial charge in [0.1, 0.15) is 0 Å². The van der Waals surface area contributed by atoms with Gasteiger partial charge in [0.05, 0.1) is 5.69 Å². The maximum Gasteiger partial charge on any atom is 0.272 e. The van der Waals surface area contributed by atoms with Crippen LogP contribution in [-0.2, 0) is 11.3 Å². The molecule has 2 saturated heterocycles. The minimum atomic E-state index is -0.0593. The van der Waals surface area contributed by atoms with E-state index in [-0.39, 0.29) is 11.0 Å². The van der Waals surface area contributed by atoms with E-state index in [1.165, 1.54) is 4.52 Å². The van der Waals surface area contributed by atoms with Crippen LogP contribution in [0.1, 0.15) is 44.0 Å². The van der Waals surface area contributed by atoms with Crippen molar-refractivity contribution in [1.82, 2.24) is 24.4 Å². The van der Waals surface area contributed by atoms with Crippen LogP contribution in [0.2, 0.25) is 0 Å². The number of rotatable bonds is 3. The average molecular weight is 357 g/mol. The summed E-state index contributed by atoms with van der Waals surface area (Å²) in [5.74, 6) is 0.306. The van der Waals surface area contributed by atoms with E-state index in [1.807, 2.05) is 17.9 Å². The predicted octanol–water partition coefficient (Wildman–Crippen LogP) is 1.56. The zero-order chi connectivity index (χ0) is 18.3. The summed E-state index contributed by atoms with van der Waals surface area (Å²) in [4.78, 5) is 33.2. The molecule has 1 N–H and O–H groups in total. The molecule has 140 valence electrons. The molecule has 7 nitrogen and oxygen atoms in total. The number of aromatic nitrogens is 3. The molecule has 2 aliphatic heterocycles. The second kappa shape index (κ2) is 6.54. The number of nitrogens with one attached hydrogen (secondary N) is 1. The summed E-state index contributed by atoms with van der Waals surface area (Å²) in [5, 5.41) is 3.01. The molecule has 0 atom stereocenters.